The average Bonchev–Trinajstić information content (AvgIpc) is 3.35. The van der Waals surface area contributed by atoms with Crippen molar-refractivity contribution >= 4 is 24.1 Å². The minimum atomic E-state index is -0.290. The first-order valence-corrected chi connectivity index (χ1v) is 12.7. The standard InChI is InChI=1S/C28H44N6O2/c1-20(13-21(2)30-3)23(19-35)17-31-28(36)25-14-22(18-34(6)12-11-33(4)5)15-27(26(25)16-29)32-24-9-7-8-10-24/h13-16,19,24,29-30,32H,7-12,17-18H2,1-6H3,(H,31,36)/b21-13-,23-20-,29-16?. The summed E-state index contributed by atoms with van der Waals surface area (Å²) in [5, 5.41) is 17.6. The third-order valence-corrected chi connectivity index (χ3v) is 6.64. The molecule has 0 atom stereocenters. The first kappa shape index (κ1) is 29.3. The summed E-state index contributed by atoms with van der Waals surface area (Å²) in [5.74, 6) is -0.290. The first-order valence-electron chi connectivity index (χ1n) is 12.7. The smallest absolute Gasteiger partial charge is 0.252 e. The average molecular weight is 497 g/mol. The number of nitrogens with zero attached hydrogens (tertiary/aromatic N) is 2. The van der Waals surface area contributed by atoms with E-state index in [9.17, 15) is 9.59 Å². The van der Waals surface area contributed by atoms with Crippen molar-refractivity contribution in [1.82, 2.24) is 20.4 Å². The molecule has 0 unspecified atom stereocenters. The summed E-state index contributed by atoms with van der Waals surface area (Å²) >= 11 is 0. The van der Waals surface area contributed by atoms with Crippen LogP contribution in [-0.4, -0.2) is 82.1 Å². The normalized spacial score (nSPS) is 15.2. The molecule has 1 amide bonds. The molecule has 1 aromatic carbocycles. The molecule has 0 aromatic heterocycles. The SMILES string of the molecule is CN/C(C)=C\C(C)=C(/C=O)CNC(=O)c1cc(CN(C)CCN(C)C)cc(NC2CCCC2)c1C=N. The van der Waals surface area contributed by atoms with Gasteiger partial charge in [0.15, 0.2) is 0 Å². The van der Waals surface area contributed by atoms with Gasteiger partial charge in [-0.05, 0) is 77.2 Å². The number of anilines is 1. The molecule has 0 heterocycles. The number of hydrogen-bond acceptors (Lipinski definition) is 7. The maximum Gasteiger partial charge on any atom is 0.252 e. The molecule has 198 valence electrons. The van der Waals surface area contributed by atoms with Crippen molar-refractivity contribution < 1.29 is 9.59 Å². The first-order chi connectivity index (χ1) is 17.2. The van der Waals surface area contributed by atoms with Gasteiger partial charge in [0, 0.05) is 68.0 Å². The Hall–Kier alpha value is -2.97. The Kier molecular flexibility index (Phi) is 11.8. The monoisotopic (exact) mass is 496 g/mol. The van der Waals surface area contributed by atoms with Gasteiger partial charge in [-0.25, -0.2) is 0 Å². The molecule has 1 aliphatic rings. The second-order valence-electron chi connectivity index (χ2n) is 10.0. The molecule has 1 saturated carbocycles. The summed E-state index contributed by atoms with van der Waals surface area (Å²) in [6.07, 6.45) is 8.50. The molecule has 8 heteroatoms. The second kappa shape index (κ2) is 14.6. The van der Waals surface area contributed by atoms with Gasteiger partial charge in [-0.15, -0.1) is 0 Å². The summed E-state index contributed by atoms with van der Waals surface area (Å²) in [4.78, 5) is 29.4. The van der Waals surface area contributed by atoms with E-state index in [1.807, 2.05) is 33.0 Å². The van der Waals surface area contributed by atoms with Crippen LogP contribution >= 0.6 is 0 Å². The summed E-state index contributed by atoms with van der Waals surface area (Å²) < 4.78 is 0. The number of carbonyl (C=O) groups excluding carboxylic acids is 2. The van der Waals surface area contributed by atoms with E-state index < -0.39 is 0 Å². The van der Waals surface area contributed by atoms with Crippen LogP contribution in [0.25, 0.3) is 0 Å². The number of carbonyl (C=O) groups is 2. The Bertz CT molecular complexity index is 976. The number of amides is 1. The van der Waals surface area contributed by atoms with Gasteiger partial charge in [-0.3, -0.25) is 9.59 Å². The number of hydrogen-bond donors (Lipinski definition) is 4. The van der Waals surface area contributed by atoms with Crippen LogP contribution in [0.4, 0.5) is 5.69 Å². The highest BCUT2D eigenvalue weighted by atomic mass is 16.1. The van der Waals surface area contributed by atoms with E-state index in [4.69, 9.17) is 5.41 Å². The predicted octanol–water partition coefficient (Wildman–Crippen LogP) is 3.40. The van der Waals surface area contributed by atoms with Crippen molar-refractivity contribution in [3.63, 3.8) is 0 Å². The lowest BCUT2D eigenvalue weighted by Gasteiger charge is -2.23. The van der Waals surface area contributed by atoms with Gasteiger partial charge in [0.2, 0.25) is 0 Å². The van der Waals surface area contributed by atoms with E-state index in [1.54, 1.807) is 0 Å². The molecule has 8 nitrogen and oxygen atoms in total. The quantitative estimate of drug-likeness (QED) is 0.136. The molecule has 2 rings (SSSR count). The summed E-state index contributed by atoms with van der Waals surface area (Å²) in [5.41, 5.74) is 5.12. The zero-order valence-corrected chi connectivity index (χ0v) is 22.8. The van der Waals surface area contributed by atoms with Crippen LogP contribution in [0.15, 0.2) is 35.1 Å². The molecular formula is C28H44N6O2. The highest BCUT2D eigenvalue weighted by molar-refractivity contribution is 6.05. The van der Waals surface area contributed by atoms with Gasteiger partial charge < -0.3 is 31.2 Å². The van der Waals surface area contributed by atoms with Crippen LogP contribution in [0.2, 0.25) is 0 Å². The fourth-order valence-electron chi connectivity index (χ4n) is 4.35. The van der Waals surface area contributed by atoms with Crippen molar-refractivity contribution in [3.05, 3.63) is 51.7 Å². The predicted molar refractivity (Wildman–Crippen MR) is 149 cm³/mol. The van der Waals surface area contributed by atoms with Crippen LogP contribution in [0.1, 0.15) is 61.0 Å². The zero-order valence-electron chi connectivity index (χ0n) is 22.8. The topological polar surface area (TPSA) is 101 Å². The van der Waals surface area contributed by atoms with E-state index in [1.165, 1.54) is 19.1 Å². The van der Waals surface area contributed by atoms with E-state index in [0.717, 1.165) is 54.7 Å². The summed E-state index contributed by atoms with van der Waals surface area (Å²) in [6.45, 7) is 6.43. The lowest BCUT2D eigenvalue weighted by molar-refractivity contribution is -0.105. The van der Waals surface area contributed by atoms with E-state index in [0.29, 0.717) is 29.3 Å². The molecule has 0 saturated heterocycles. The van der Waals surface area contributed by atoms with Crippen molar-refractivity contribution in [1.29, 1.82) is 5.41 Å². The summed E-state index contributed by atoms with van der Waals surface area (Å²) in [6, 6.07) is 4.31. The Labute approximate surface area is 216 Å². The Morgan fingerprint density at radius 2 is 1.83 bits per heavy atom. The number of benzene rings is 1. The highest BCUT2D eigenvalue weighted by Crippen LogP contribution is 2.27. The number of likely N-dealkylation sites (N-methyl/N-ethyl adjacent to an activating group) is 2. The molecule has 0 bridgehead atoms. The molecule has 1 aromatic rings. The van der Waals surface area contributed by atoms with Gasteiger partial charge in [0.25, 0.3) is 5.91 Å². The third kappa shape index (κ3) is 8.91. The molecule has 4 N–H and O–H groups in total. The second-order valence-corrected chi connectivity index (χ2v) is 10.0. The minimum Gasteiger partial charge on any atom is -0.392 e. The Balaban J connectivity index is 2.34. The maximum absolute atomic E-state index is 13.4. The summed E-state index contributed by atoms with van der Waals surface area (Å²) in [7, 11) is 8.00. The van der Waals surface area contributed by atoms with Crippen LogP contribution in [0.3, 0.4) is 0 Å². The van der Waals surface area contributed by atoms with E-state index >= 15 is 0 Å². The molecule has 1 aliphatic carbocycles. The minimum absolute atomic E-state index is 0.122. The Morgan fingerprint density at radius 1 is 1.14 bits per heavy atom. The highest BCUT2D eigenvalue weighted by Gasteiger charge is 2.21. The van der Waals surface area contributed by atoms with Crippen molar-refractivity contribution in [2.75, 3.05) is 53.1 Å². The van der Waals surface area contributed by atoms with Gasteiger partial charge in [-0.2, -0.15) is 0 Å². The fraction of sp³-hybridized carbons (Fsp3) is 0.536. The fourth-order valence-corrected chi connectivity index (χ4v) is 4.35. The van der Waals surface area contributed by atoms with Gasteiger partial charge in [0.1, 0.15) is 6.29 Å². The van der Waals surface area contributed by atoms with Gasteiger partial charge >= 0.3 is 0 Å². The maximum atomic E-state index is 13.4. The van der Waals surface area contributed by atoms with Crippen molar-refractivity contribution in [3.8, 4) is 0 Å². The van der Waals surface area contributed by atoms with Crippen LogP contribution < -0.4 is 16.0 Å². The Morgan fingerprint density at radius 3 is 2.42 bits per heavy atom. The number of nitrogens with one attached hydrogen (secondary N) is 4. The molecule has 36 heavy (non-hydrogen) atoms. The van der Waals surface area contributed by atoms with Crippen LogP contribution in [0, 0.1) is 5.41 Å². The zero-order chi connectivity index (χ0) is 26.7. The van der Waals surface area contributed by atoms with Crippen LogP contribution in [-0.2, 0) is 11.3 Å². The molecule has 0 spiro atoms. The number of aldehydes is 1. The van der Waals surface area contributed by atoms with Crippen LogP contribution in [0.5, 0.6) is 0 Å². The van der Waals surface area contributed by atoms with Crippen molar-refractivity contribution in [2.45, 2.75) is 52.1 Å². The van der Waals surface area contributed by atoms with Crippen molar-refractivity contribution in [2.24, 2.45) is 0 Å². The lowest BCUT2D eigenvalue weighted by Crippen LogP contribution is -2.30. The number of allylic oxidation sites excluding steroid dienone is 3. The molecular weight excluding hydrogens is 452 g/mol. The lowest BCUT2D eigenvalue weighted by atomic mass is 9.99. The number of rotatable bonds is 14. The largest absolute Gasteiger partial charge is 0.392 e. The molecule has 0 radical (unpaired) electrons. The third-order valence-electron chi connectivity index (χ3n) is 6.64. The van der Waals surface area contributed by atoms with E-state index in [-0.39, 0.29) is 12.5 Å². The van der Waals surface area contributed by atoms with Gasteiger partial charge in [-0.1, -0.05) is 12.8 Å². The molecule has 1 fully saturated rings. The van der Waals surface area contributed by atoms with E-state index in [2.05, 4.69) is 53.0 Å². The van der Waals surface area contributed by atoms with Gasteiger partial charge in [0.05, 0.1) is 5.56 Å². The molecule has 0 aliphatic heterocycles.